The van der Waals surface area contributed by atoms with Crippen molar-refractivity contribution in [1.82, 2.24) is 9.80 Å². The van der Waals surface area contributed by atoms with Crippen molar-refractivity contribution in [2.24, 2.45) is 0 Å². The second-order valence-corrected chi connectivity index (χ2v) is 8.62. The second kappa shape index (κ2) is 9.95. The number of carbonyl (C=O) groups excluding carboxylic acids is 2. The molecule has 174 valence electrons. The van der Waals surface area contributed by atoms with Crippen molar-refractivity contribution < 1.29 is 24.2 Å². The number of aryl methyl sites for hydroxylation is 1. The molecule has 0 aromatic heterocycles. The molecule has 8 heteroatoms. The summed E-state index contributed by atoms with van der Waals surface area (Å²) in [5.41, 5.74) is 2.06. The lowest BCUT2D eigenvalue weighted by Crippen LogP contribution is -2.42. The standard InChI is InChI=1S/C25H27ClN2O5/c1-16-15-18(5-8-20(16)32-2)23(29)21-22(17-3-6-19(26)7-4-17)28(25(31)24(21)30)10-9-27-11-13-33-14-12-27/h3-8,15,22,29H,9-14H2,1-2H3/b23-21-. The van der Waals surface area contributed by atoms with Crippen LogP contribution in [-0.4, -0.2) is 73.1 Å². The van der Waals surface area contributed by atoms with Gasteiger partial charge < -0.3 is 19.5 Å². The van der Waals surface area contributed by atoms with Crippen LogP contribution in [0.4, 0.5) is 0 Å². The van der Waals surface area contributed by atoms with Crippen molar-refractivity contribution in [3.05, 3.63) is 69.8 Å². The Morgan fingerprint density at radius 2 is 1.82 bits per heavy atom. The number of halogens is 1. The average molecular weight is 471 g/mol. The molecule has 0 saturated carbocycles. The summed E-state index contributed by atoms with van der Waals surface area (Å²) in [5.74, 6) is -0.836. The van der Waals surface area contributed by atoms with E-state index in [0.717, 1.165) is 18.7 Å². The van der Waals surface area contributed by atoms with Crippen LogP contribution in [0.25, 0.3) is 5.76 Å². The molecule has 2 aromatic rings. The molecule has 0 bridgehead atoms. The van der Waals surface area contributed by atoms with Gasteiger partial charge in [0.05, 0.1) is 31.9 Å². The highest BCUT2D eigenvalue weighted by molar-refractivity contribution is 6.46. The number of ketones is 1. The zero-order chi connectivity index (χ0) is 23.5. The van der Waals surface area contributed by atoms with Crippen molar-refractivity contribution >= 4 is 29.1 Å². The van der Waals surface area contributed by atoms with Crippen molar-refractivity contribution in [1.29, 1.82) is 0 Å². The summed E-state index contributed by atoms with van der Waals surface area (Å²) in [5, 5.41) is 11.8. The maximum Gasteiger partial charge on any atom is 0.295 e. The third-order valence-corrected chi connectivity index (χ3v) is 6.41. The zero-order valence-electron chi connectivity index (χ0n) is 18.7. The van der Waals surface area contributed by atoms with Gasteiger partial charge in [-0.1, -0.05) is 23.7 Å². The zero-order valence-corrected chi connectivity index (χ0v) is 19.5. The Morgan fingerprint density at radius 1 is 1.12 bits per heavy atom. The van der Waals surface area contributed by atoms with Crippen LogP contribution in [0.5, 0.6) is 5.75 Å². The molecule has 2 fully saturated rings. The molecule has 1 atom stereocenters. The van der Waals surface area contributed by atoms with Gasteiger partial charge in [-0.2, -0.15) is 0 Å². The maximum absolute atomic E-state index is 13.1. The average Bonchev–Trinajstić information content (AvgIpc) is 3.08. The highest BCUT2D eigenvalue weighted by atomic mass is 35.5. The van der Waals surface area contributed by atoms with E-state index in [0.29, 0.717) is 48.2 Å². The van der Waals surface area contributed by atoms with Gasteiger partial charge in [0, 0.05) is 36.8 Å². The van der Waals surface area contributed by atoms with E-state index in [1.807, 2.05) is 6.92 Å². The van der Waals surface area contributed by atoms with E-state index in [1.54, 1.807) is 54.5 Å². The fourth-order valence-electron chi connectivity index (χ4n) is 4.36. The summed E-state index contributed by atoms with van der Waals surface area (Å²) in [7, 11) is 1.57. The number of benzene rings is 2. The number of rotatable bonds is 6. The van der Waals surface area contributed by atoms with Crippen LogP contribution in [0.1, 0.15) is 22.7 Å². The number of hydrogen-bond donors (Lipinski definition) is 1. The summed E-state index contributed by atoms with van der Waals surface area (Å²) in [4.78, 5) is 30.0. The van der Waals surface area contributed by atoms with Crippen LogP contribution >= 0.6 is 11.6 Å². The van der Waals surface area contributed by atoms with E-state index < -0.39 is 17.7 Å². The first-order valence-electron chi connectivity index (χ1n) is 10.9. The normalized spacial score (nSPS) is 20.9. The summed E-state index contributed by atoms with van der Waals surface area (Å²) in [6.07, 6.45) is 0. The number of ether oxygens (including phenoxy) is 2. The number of nitrogens with zero attached hydrogens (tertiary/aromatic N) is 2. The van der Waals surface area contributed by atoms with Crippen molar-refractivity contribution in [2.45, 2.75) is 13.0 Å². The fourth-order valence-corrected chi connectivity index (χ4v) is 4.48. The SMILES string of the molecule is COc1ccc(/C(O)=C2/C(=O)C(=O)N(CCN3CCOCC3)C2c2ccc(Cl)cc2)cc1C. The molecule has 0 spiro atoms. The van der Waals surface area contributed by atoms with Crippen LogP contribution in [-0.2, 0) is 14.3 Å². The molecule has 7 nitrogen and oxygen atoms in total. The van der Waals surface area contributed by atoms with Gasteiger partial charge in [-0.25, -0.2) is 0 Å². The molecule has 33 heavy (non-hydrogen) atoms. The lowest BCUT2D eigenvalue weighted by Gasteiger charge is -2.31. The summed E-state index contributed by atoms with van der Waals surface area (Å²) >= 11 is 6.08. The first kappa shape index (κ1) is 23.3. The minimum Gasteiger partial charge on any atom is -0.507 e. The van der Waals surface area contributed by atoms with Gasteiger partial charge in [-0.05, 0) is 48.4 Å². The van der Waals surface area contributed by atoms with Gasteiger partial charge in [0.25, 0.3) is 11.7 Å². The second-order valence-electron chi connectivity index (χ2n) is 8.18. The maximum atomic E-state index is 13.1. The third kappa shape index (κ3) is 4.76. The van der Waals surface area contributed by atoms with E-state index in [9.17, 15) is 14.7 Å². The first-order chi connectivity index (χ1) is 15.9. The van der Waals surface area contributed by atoms with Crippen LogP contribution in [0.3, 0.4) is 0 Å². The minimum absolute atomic E-state index is 0.0777. The van der Waals surface area contributed by atoms with Gasteiger partial charge in [0.2, 0.25) is 0 Å². The van der Waals surface area contributed by atoms with E-state index in [4.69, 9.17) is 21.1 Å². The Morgan fingerprint density at radius 3 is 2.45 bits per heavy atom. The Bertz CT molecular complexity index is 1080. The molecule has 1 N–H and O–H groups in total. The molecule has 1 unspecified atom stereocenters. The number of aliphatic hydroxyl groups excluding tert-OH is 1. The topological polar surface area (TPSA) is 79.3 Å². The Labute approximate surface area is 198 Å². The van der Waals surface area contributed by atoms with Gasteiger partial charge in [0.1, 0.15) is 11.5 Å². The Balaban J connectivity index is 1.74. The number of aliphatic hydroxyl groups is 1. The van der Waals surface area contributed by atoms with E-state index in [1.165, 1.54) is 0 Å². The molecular formula is C25H27ClN2O5. The smallest absolute Gasteiger partial charge is 0.295 e. The summed E-state index contributed by atoms with van der Waals surface area (Å²) < 4.78 is 10.7. The van der Waals surface area contributed by atoms with Gasteiger partial charge in [-0.15, -0.1) is 0 Å². The van der Waals surface area contributed by atoms with Crippen LogP contribution in [0, 0.1) is 6.92 Å². The predicted octanol–water partition coefficient (Wildman–Crippen LogP) is 3.41. The quantitative estimate of drug-likeness (QED) is 0.396. The van der Waals surface area contributed by atoms with Crippen LogP contribution in [0.2, 0.25) is 5.02 Å². The Hall–Kier alpha value is -2.87. The monoisotopic (exact) mass is 470 g/mol. The number of Topliss-reactive ketones (excluding diaryl/α,β-unsaturated/α-hetero) is 1. The number of hydrogen-bond acceptors (Lipinski definition) is 6. The molecule has 0 radical (unpaired) electrons. The van der Waals surface area contributed by atoms with Crippen LogP contribution in [0.15, 0.2) is 48.0 Å². The number of likely N-dealkylation sites (tertiary alicyclic amines) is 1. The predicted molar refractivity (Wildman–Crippen MR) is 125 cm³/mol. The van der Waals surface area contributed by atoms with E-state index in [-0.39, 0.29) is 11.3 Å². The molecule has 2 aliphatic heterocycles. The van der Waals surface area contributed by atoms with E-state index >= 15 is 0 Å². The summed E-state index contributed by atoms with van der Waals surface area (Å²) in [6, 6.07) is 11.5. The summed E-state index contributed by atoms with van der Waals surface area (Å²) in [6.45, 7) is 5.68. The molecule has 2 heterocycles. The molecular weight excluding hydrogens is 444 g/mol. The molecule has 0 aliphatic carbocycles. The van der Waals surface area contributed by atoms with Gasteiger partial charge in [-0.3, -0.25) is 14.5 Å². The fraction of sp³-hybridized carbons (Fsp3) is 0.360. The lowest BCUT2D eigenvalue weighted by molar-refractivity contribution is -0.140. The van der Waals surface area contributed by atoms with Crippen molar-refractivity contribution in [3.8, 4) is 5.75 Å². The number of amides is 1. The molecule has 2 aliphatic rings. The number of methoxy groups -OCH3 is 1. The number of carbonyl (C=O) groups is 2. The number of morpholine rings is 1. The third-order valence-electron chi connectivity index (χ3n) is 6.15. The van der Waals surface area contributed by atoms with Gasteiger partial charge in [0.15, 0.2) is 0 Å². The largest absolute Gasteiger partial charge is 0.507 e. The highest BCUT2D eigenvalue weighted by Gasteiger charge is 2.46. The Kier molecular flexibility index (Phi) is 7.02. The molecule has 2 aromatic carbocycles. The molecule has 2 saturated heterocycles. The highest BCUT2D eigenvalue weighted by Crippen LogP contribution is 2.40. The molecule has 4 rings (SSSR count). The van der Waals surface area contributed by atoms with E-state index in [2.05, 4.69) is 4.90 Å². The first-order valence-corrected chi connectivity index (χ1v) is 11.3. The minimum atomic E-state index is -0.703. The van der Waals surface area contributed by atoms with Gasteiger partial charge >= 0.3 is 0 Å². The van der Waals surface area contributed by atoms with Crippen molar-refractivity contribution in [2.75, 3.05) is 46.5 Å². The van der Waals surface area contributed by atoms with Crippen molar-refractivity contribution in [3.63, 3.8) is 0 Å². The lowest BCUT2D eigenvalue weighted by atomic mass is 9.95. The molecule has 1 amide bonds. The van der Waals surface area contributed by atoms with Crippen LogP contribution < -0.4 is 4.74 Å².